The summed E-state index contributed by atoms with van der Waals surface area (Å²) in [5.74, 6) is 0. The molecule has 1 atom stereocenters. The van der Waals surface area contributed by atoms with Crippen LogP contribution in [0.1, 0.15) is 43.0 Å². The van der Waals surface area contributed by atoms with Crippen LogP contribution in [0.5, 0.6) is 0 Å². The Kier molecular flexibility index (Phi) is 3.13. The molecule has 0 spiro atoms. The number of hydrogen-bond acceptors (Lipinski definition) is 1. The van der Waals surface area contributed by atoms with Crippen LogP contribution in [0, 0.1) is 0 Å². The van der Waals surface area contributed by atoms with Gasteiger partial charge in [-0.15, -0.1) is 0 Å². The standard InChI is InChI=1S/C16H22N2/c1-11(17)6-7-12-8-9-16-14(10-12)13-4-2-3-5-15(13)18-16/h8-11,18H,2-7,17H2,1H3. The van der Waals surface area contributed by atoms with Gasteiger partial charge in [-0.1, -0.05) is 6.07 Å². The number of aromatic amines is 1. The van der Waals surface area contributed by atoms with Gasteiger partial charge in [-0.25, -0.2) is 0 Å². The van der Waals surface area contributed by atoms with E-state index in [1.54, 1.807) is 5.56 Å². The van der Waals surface area contributed by atoms with Crippen molar-refractivity contribution in [1.29, 1.82) is 0 Å². The molecule has 2 heteroatoms. The van der Waals surface area contributed by atoms with Gasteiger partial charge in [-0.2, -0.15) is 0 Å². The molecule has 1 aliphatic carbocycles. The van der Waals surface area contributed by atoms with Crippen LogP contribution in [0.4, 0.5) is 0 Å². The molecule has 2 nitrogen and oxygen atoms in total. The Hall–Kier alpha value is -1.28. The summed E-state index contributed by atoms with van der Waals surface area (Å²) >= 11 is 0. The second-order valence-electron chi connectivity index (χ2n) is 5.69. The van der Waals surface area contributed by atoms with Gasteiger partial charge in [0.15, 0.2) is 0 Å². The number of aromatic nitrogens is 1. The number of fused-ring (bicyclic) bond motifs is 3. The lowest BCUT2D eigenvalue weighted by Gasteiger charge is -2.10. The molecule has 1 aromatic heterocycles. The van der Waals surface area contributed by atoms with Crippen LogP contribution in [0.2, 0.25) is 0 Å². The third-order valence-corrected chi connectivity index (χ3v) is 4.05. The summed E-state index contributed by atoms with van der Waals surface area (Å²) < 4.78 is 0. The quantitative estimate of drug-likeness (QED) is 0.851. The molecule has 1 heterocycles. The molecule has 1 aliphatic rings. The smallest absolute Gasteiger partial charge is 0.0459 e. The molecule has 0 fully saturated rings. The molecule has 0 saturated carbocycles. The van der Waals surface area contributed by atoms with E-state index >= 15 is 0 Å². The Morgan fingerprint density at radius 3 is 2.94 bits per heavy atom. The first kappa shape index (κ1) is 11.8. The van der Waals surface area contributed by atoms with E-state index in [-0.39, 0.29) is 0 Å². The zero-order valence-electron chi connectivity index (χ0n) is 11.1. The summed E-state index contributed by atoms with van der Waals surface area (Å²) in [6.45, 7) is 2.08. The molecule has 0 saturated heterocycles. The van der Waals surface area contributed by atoms with Gasteiger partial charge in [0.2, 0.25) is 0 Å². The number of hydrogen-bond donors (Lipinski definition) is 2. The van der Waals surface area contributed by atoms with Crippen molar-refractivity contribution in [2.45, 2.75) is 51.5 Å². The fraction of sp³-hybridized carbons (Fsp3) is 0.500. The fourth-order valence-electron chi connectivity index (χ4n) is 3.00. The average molecular weight is 242 g/mol. The molecule has 3 rings (SSSR count). The van der Waals surface area contributed by atoms with Gasteiger partial charge in [0.1, 0.15) is 0 Å². The van der Waals surface area contributed by atoms with Gasteiger partial charge in [0.25, 0.3) is 0 Å². The number of rotatable bonds is 3. The van der Waals surface area contributed by atoms with E-state index < -0.39 is 0 Å². The van der Waals surface area contributed by atoms with E-state index in [2.05, 4.69) is 30.1 Å². The summed E-state index contributed by atoms with van der Waals surface area (Å²) in [6, 6.07) is 7.15. The molecular formula is C16H22N2. The van der Waals surface area contributed by atoms with Crippen LogP contribution < -0.4 is 5.73 Å². The van der Waals surface area contributed by atoms with Gasteiger partial charge in [0.05, 0.1) is 0 Å². The minimum absolute atomic E-state index is 0.292. The third kappa shape index (κ3) is 2.17. The van der Waals surface area contributed by atoms with Gasteiger partial charge >= 0.3 is 0 Å². The summed E-state index contributed by atoms with van der Waals surface area (Å²) in [5.41, 5.74) is 11.6. The Morgan fingerprint density at radius 1 is 1.28 bits per heavy atom. The molecule has 96 valence electrons. The van der Waals surface area contributed by atoms with Crippen molar-refractivity contribution < 1.29 is 0 Å². The zero-order valence-corrected chi connectivity index (χ0v) is 11.1. The van der Waals surface area contributed by atoms with Gasteiger partial charge in [0, 0.05) is 22.6 Å². The van der Waals surface area contributed by atoms with Crippen molar-refractivity contribution in [3.05, 3.63) is 35.0 Å². The van der Waals surface area contributed by atoms with Crippen molar-refractivity contribution in [1.82, 2.24) is 4.98 Å². The minimum atomic E-state index is 0.292. The highest BCUT2D eigenvalue weighted by atomic mass is 14.7. The first-order chi connectivity index (χ1) is 8.74. The van der Waals surface area contributed by atoms with E-state index in [0.29, 0.717) is 6.04 Å². The van der Waals surface area contributed by atoms with Crippen molar-refractivity contribution >= 4 is 10.9 Å². The van der Waals surface area contributed by atoms with E-state index in [4.69, 9.17) is 5.73 Å². The van der Waals surface area contributed by atoms with Crippen molar-refractivity contribution in [3.63, 3.8) is 0 Å². The van der Waals surface area contributed by atoms with Crippen LogP contribution in [0.3, 0.4) is 0 Å². The third-order valence-electron chi connectivity index (χ3n) is 4.05. The van der Waals surface area contributed by atoms with Crippen molar-refractivity contribution in [2.75, 3.05) is 0 Å². The van der Waals surface area contributed by atoms with Crippen LogP contribution in [-0.2, 0) is 19.3 Å². The average Bonchev–Trinajstić information content (AvgIpc) is 2.74. The van der Waals surface area contributed by atoms with E-state index in [9.17, 15) is 0 Å². The monoisotopic (exact) mass is 242 g/mol. The summed E-state index contributed by atoms with van der Waals surface area (Å²) in [5, 5.41) is 1.45. The number of nitrogens with one attached hydrogen (secondary N) is 1. The zero-order chi connectivity index (χ0) is 12.5. The lowest BCUT2D eigenvalue weighted by atomic mass is 9.94. The molecule has 1 aromatic carbocycles. The van der Waals surface area contributed by atoms with E-state index in [1.807, 2.05) is 0 Å². The molecule has 0 radical (unpaired) electrons. The lowest BCUT2D eigenvalue weighted by Crippen LogP contribution is -2.15. The molecule has 18 heavy (non-hydrogen) atoms. The van der Waals surface area contributed by atoms with Crippen LogP contribution in [0.25, 0.3) is 10.9 Å². The SMILES string of the molecule is CC(N)CCc1ccc2[nH]c3c(c2c1)CCCC3. The highest BCUT2D eigenvalue weighted by Gasteiger charge is 2.15. The number of nitrogens with two attached hydrogens (primary N) is 1. The van der Waals surface area contributed by atoms with Crippen LogP contribution >= 0.6 is 0 Å². The topological polar surface area (TPSA) is 41.8 Å². The first-order valence-electron chi connectivity index (χ1n) is 7.12. The number of benzene rings is 1. The largest absolute Gasteiger partial charge is 0.358 e. The molecule has 1 unspecified atom stereocenters. The molecule has 3 N–H and O–H groups in total. The number of aryl methyl sites for hydroxylation is 3. The number of H-pyrrole nitrogens is 1. The summed E-state index contributed by atoms with van der Waals surface area (Å²) in [7, 11) is 0. The normalized spacial score (nSPS) is 16.8. The fourth-order valence-corrected chi connectivity index (χ4v) is 3.00. The Balaban J connectivity index is 1.95. The van der Waals surface area contributed by atoms with Crippen LogP contribution in [0.15, 0.2) is 18.2 Å². The minimum Gasteiger partial charge on any atom is -0.358 e. The molecule has 0 amide bonds. The van der Waals surface area contributed by atoms with Gasteiger partial charge in [-0.05, 0) is 68.7 Å². The lowest BCUT2D eigenvalue weighted by molar-refractivity contribution is 0.666. The Bertz CT molecular complexity index is 551. The second-order valence-corrected chi connectivity index (χ2v) is 5.69. The summed E-state index contributed by atoms with van der Waals surface area (Å²) in [4.78, 5) is 3.58. The predicted molar refractivity (Wildman–Crippen MR) is 76.9 cm³/mol. The van der Waals surface area contributed by atoms with Crippen molar-refractivity contribution in [3.8, 4) is 0 Å². The van der Waals surface area contributed by atoms with Gasteiger partial charge < -0.3 is 10.7 Å². The predicted octanol–water partition coefficient (Wildman–Crippen LogP) is 3.33. The van der Waals surface area contributed by atoms with Crippen LogP contribution in [-0.4, -0.2) is 11.0 Å². The van der Waals surface area contributed by atoms with E-state index in [1.165, 1.54) is 47.8 Å². The maximum Gasteiger partial charge on any atom is 0.0459 e. The second kappa shape index (κ2) is 4.77. The highest BCUT2D eigenvalue weighted by Crippen LogP contribution is 2.29. The molecular weight excluding hydrogens is 220 g/mol. The maximum absolute atomic E-state index is 5.84. The Labute approximate surface area is 109 Å². The molecule has 2 aromatic rings. The van der Waals surface area contributed by atoms with E-state index in [0.717, 1.165) is 12.8 Å². The maximum atomic E-state index is 5.84. The first-order valence-corrected chi connectivity index (χ1v) is 7.12. The Morgan fingerprint density at radius 2 is 2.11 bits per heavy atom. The highest BCUT2D eigenvalue weighted by molar-refractivity contribution is 5.85. The molecule has 0 bridgehead atoms. The molecule has 0 aliphatic heterocycles. The van der Waals surface area contributed by atoms with Crippen molar-refractivity contribution in [2.24, 2.45) is 5.73 Å². The van der Waals surface area contributed by atoms with Gasteiger partial charge in [-0.3, -0.25) is 0 Å². The summed E-state index contributed by atoms with van der Waals surface area (Å²) in [6.07, 6.45) is 7.29.